The topological polar surface area (TPSA) is 49.3 Å². The number of aliphatic hydroxyl groups excluding tert-OH is 1. The van der Waals surface area contributed by atoms with Crippen LogP contribution < -0.4 is 5.32 Å². The van der Waals surface area contributed by atoms with Crippen molar-refractivity contribution in [2.24, 2.45) is 5.92 Å². The summed E-state index contributed by atoms with van der Waals surface area (Å²) < 4.78 is 0.900. The molecule has 1 saturated carbocycles. The van der Waals surface area contributed by atoms with Crippen molar-refractivity contribution >= 4 is 21.8 Å². The van der Waals surface area contributed by atoms with Gasteiger partial charge in [0.25, 0.3) is 5.91 Å². The number of nitrogens with one attached hydrogen (secondary N) is 1. The molecular formula is C14H18BrNO2. The highest BCUT2D eigenvalue weighted by atomic mass is 79.9. The molecule has 0 radical (unpaired) electrons. The molecule has 1 fully saturated rings. The largest absolute Gasteiger partial charge is 0.396 e. The molecule has 4 heteroatoms. The van der Waals surface area contributed by atoms with Crippen molar-refractivity contribution < 1.29 is 9.90 Å². The van der Waals surface area contributed by atoms with Crippen molar-refractivity contribution in [2.45, 2.75) is 31.7 Å². The highest BCUT2D eigenvalue weighted by Gasteiger charge is 2.26. The Balaban J connectivity index is 2.02. The van der Waals surface area contributed by atoms with Crippen LogP contribution in [0.4, 0.5) is 0 Å². The molecule has 18 heavy (non-hydrogen) atoms. The number of benzene rings is 1. The van der Waals surface area contributed by atoms with E-state index in [1.807, 2.05) is 18.2 Å². The van der Waals surface area contributed by atoms with Gasteiger partial charge in [0, 0.05) is 28.6 Å². The third kappa shape index (κ3) is 3.33. The van der Waals surface area contributed by atoms with Crippen LogP contribution in [-0.4, -0.2) is 23.7 Å². The Hall–Kier alpha value is -0.870. The third-order valence-corrected chi connectivity index (χ3v) is 4.04. The van der Waals surface area contributed by atoms with Crippen LogP contribution in [0, 0.1) is 5.92 Å². The Morgan fingerprint density at radius 1 is 1.39 bits per heavy atom. The van der Waals surface area contributed by atoms with Gasteiger partial charge in [0.1, 0.15) is 0 Å². The Labute approximate surface area is 116 Å². The minimum Gasteiger partial charge on any atom is -0.396 e. The lowest BCUT2D eigenvalue weighted by molar-refractivity contribution is 0.0872. The van der Waals surface area contributed by atoms with Crippen molar-refractivity contribution in [1.29, 1.82) is 0 Å². The van der Waals surface area contributed by atoms with E-state index in [2.05, 4.69) is 21.2 Å². The summed E-state index contributed by atoms with van der Waals surface area (Å²) in [6.45, 7) is 0.156. The molecular weight excluding hydrogens is 294 g/mol. The van der Waals surface area contributed by atoms with Gasteiger partial charge in [-0.05, 0) is 31.0 Å². The zero-order valence-corrected chi connectivity index (χ0v) is 11.8. The number of halogens is 1. The van der Waals surface area contributed by atoms with E-state index < -0.39 is 0 Å². The van der Waals surface area contributed by atoms with Gasteiger partial charge in [-0.1, -0.05) is 34.8 Å². The fraction of sp³-hybridized carbons (Fsp3) is 0.500. The van der Waals surface area contributed by atoms with Crippen LogP contribution in [0.15, 0.2) is 28.7 Å². The monoisotopic (exact) mass is 311 g/mol. The Bertz CT molecular complexity index is 422. The lowest BCUT2D eigenvalue weighted by Gasteiger charge is -2.30. The molecule has 0 bridgehead atoms. The predicted molar refractivity (Wildman–Crippen MR) is 74.4 cm³/mol. The molecule has 0 heterocycles. The summed E-state index contributed by atoms with van der Waals surface area (Å²) in [6.07, 6.45) is 4.24. The average Bonchev–Trinajstić information content (AvgIpc) is 2.39. The van der Waals surface area contributed by atoms with Crippen LogP contribution in [0.1, 0.15) is 36.0 Å². The molecule has 0 aliphatic heterocycles. The second-order valence-corrected chi connectivity index (χ2v) is 5.73. The van der Waals surface area contributed by atoms with Gasteiger partial charge in [-0.2, -0.15) is 0 Å². The summed E-state index contributed by atoms with van der Waals surface area (Å²) in [5.41, 5.74) is 0.659. The van der Waals surface area contributed by atoms with Crippen LogP contribution in [0.2, 0.25) is 0 Å². The summed E-state index contributed by atoms with van der Waals surface area (Å²) in [5, 5.41) is 12.4. The van der Waals surface area contributed by atoms with E-state index in [0.717, 1.165) is 30.2 Å². The Morgan fingerprint density at radius 2 is 2.17 bits per heavy atom. The maximum Gasteiger partial charge on any atom is 0.251 e. The molecule has 3 nitrogen and oxygen atoms in total. The average molecular weight is 312 g/mol. The van der Waals surface area contributed by atoms with Gasteiger partial charge in [-0.3, -0.25) is 4.79 Å². The molecule has 0 spiro atoms. The zero-order valence-electron chi connectivity index (χ0n) is 10.2. The predicted octanol–water partition coefficient (Wildman–Crippen LogP) is 2.73. The molecule has 2 rings (SSSR count). The van der Waals surface area contributed by atoms with Crippen LogP contribution >= 0.6 is 15.9 Å². The maximum atomic E-state index is 12.1. The second-order valence-electron chi connectivity index (χ2n) is 4.82. The van der Waals surface area contributed by atoms with Gasteiger partial charge in [0.15, 0.2) is 0 Å². The van der Waals surface area contributed by atoms with E-state index in [-0.39, 0.29) is 24.5 Å². The van der Waals surface area contributed by atoms with Crippen LogP contribution in [0.25, 0.3) is 0 Å². The second kappa shape index (κ2) is 6.34. The SMILES string of the molecule is O=C(NC1CCCCC1CO)c1cccc(Br)c1. The van der Waals surface area contributed by atoms with Crippen molar-refractivity contribution in [3.63, 3.8) is 0 Å². The van der Waals surface area contributed by atoms with Crippen LogP contribution in [0.3, 0.4) is 0 Å². The lowest BCUT2D eigenvalue weighted by Crippen LogP contribution is -2.43. The number of carbonyl (C=O) groups excluding carboxylic acids is 1. The van der Waals surface area contributed by atoms with Gasteiger partial charge in [0.05, 0.1) is 0 Å². The molecule has 98 valence electrons. The van der Waals surface area contributed by atoms with Gasteiger partial charge in [-0.15, -0.1) is 0 Å². The van der Waals surface area contributed by atoms with E-state index in [1.54, 1.807) is 6.07 Å². The van der Waals surface area contributed by atoms with Crippen molar-refractivity contribution in [3.8, 4) is 0 Å². The van der Waals surface area contributed by atoms with Crippen molar-refractivity contribution in [3.05, 3.63) is 34.3 Å². The third-order valence-electron chi connectivity index (χ3n) is 3.55. The van der Waals surface area contributed by atoms with Crippen molar-refractivity contribution in [2.75, 3.05) is 6.61 Å². The van der Waals surface area contributed by atoms with E-state index >= 15 is 0 Å². The first-order chi connectivity index (χ1) is 8.70. The van der Waals surface area contributed by atoms with E-state index in [0.29, 0.717) is 5.56 Å². The smallest absolute Gasteiger partial charge is 0.251 e. The highest BCUT2D eigenvalue weighted by molar-refractivity contribution is 9.10. The Morgan fingerprint density at radius 3 is 2.89 bits per heavy atom. The number of carbonyl (C=O) groups is 1. The summed E-state index contributed by atoms with van der Waals surface area (Å²) in [4.78, 5) is 12.1. The molecule has 1 aliphatic rings. The van der Waals surface area contributed by atoms with E-state index in [9.17, 15) is 9.90 Å². The molecule has 0 aromatic heterocycles. The van der Waals surface area contributed by atoms with Gasteiger partial charge in [0.2, 0.25) is 0 Å². The fourth-order valence-electron chi connectivity index (χ4n) is 2.50. The fourth-order valence-corrected chi connectivity index (χ4v) is 2.90. The van der Waals surface area contributed by atoms with Gasteiger partial charge < -0.3 is 10.4 Å². The first kappa shape index (κ1) is 13.6. The van der Waals surface area contributed by atoms with Crippen LogP contribution in [0.5, 0.6) is 0 Å². The van der Waals surface area contributed by atoms with Gasteiger partial charge in [-0.25, -0.2) is 0 Å². The van der Waals surface area contributed by atoms with E-state index in [4.69, 9.17) is 0 Å². The summed E-state index contributed by atoms with van der Waals surface area (Å²) in [5.74, 6) is 0.150. The molecule has 2 N–H and O–H groups in total. The highest BCUT2D eigenvalue weighted by Crippen LogP contribution is 2.24. The minimum atomic E-state index is -0.0540. The maximum absolute atomic E-state index is 12.1. The zero-order chi connectivity index (χ0) is 13.0. The summed E-state index contributed by atoms with van der Waals surface area (Å²) in [6, 6.07) is 7.47. The number of aliphatic hydroxyl groups is 1. The molecule has 1 aromatic carbocycles. The number of hydrogen-bond acceptors (Lipinski definition) is 2. The van der Waals surface area contributed by atoms with Crippen molar-refractivity contribution in [1.82, 2.24) is 5.32 Å². The number of hydrogen-bond donors (Lipinski definition) is 2. The quantitative estimate of drug-likeness (QED) is 0.901. The first-order valence-corrected chi connectivity index (χ1v) is 7.17. The lowest BCUT2D eigenvalue weighted by atomic mass is 9.85. The molecule has 1 amide bonds. The van der Waals surface area contributed by atoms with E-state index in [1.165, 1.54) is 0 Å². The van der Waals surface area contributed by atoms with Gasteiger partial charge >= 0.3 is 0 Å². The number of rotatable bonds is 3. The first-order valence-electron chi connectivity index (χ1n) is 6.38. The molecule has 2 atom stereocenters. The standard InChI is InChI=1S/C14H18BrNO2/c15-12-6-3-5-10(8-12)14(18)16-13-7-2-1-4-11(13)9-17/h3,5-6,8,11,13,17H,1-2,4,7,9H2,(H,16,18). The molecule has 1 aromatic rings. The summed E-state index contributed by atoms with van der Waals surface area (Å²) in [7, 11) is 0. The molecule has 2 unspecified atom stereocenters. The Kier molecular flexibility index (Phi) is 4.78. The normalized spacial score (nSPS) is 23.7. The molecule has 1 aliphatic carbocycles. The van der Waals surface area contributed by atoms with Crippen LogP contribution in [-0.2, 0) is 0 Å². The number of amides is 1. The molecule has 0 saturated heterocycles. The minimum absolute atomic E-state index is 0.0540. The summed E-state index contributed by atoms with van der Waals surface area (Å²) >= 11 is 3.36.